The minimum absolute atomic E-state index is 0.00176. The topological polar surface area (TPSA) is 38.7 Å². The Bertz CT molecular complexity index is 768. The molecule has 1 aromatic rings. The number of ether oxygens (including phenoxy) is 1. The van der Waals surface area contributed by atoms with Crippen molar-refractivity contribution in [1.82, 2.24) is 0 Å². The molecular weight excluding hydrogens is 376 g/mol. The van der Waals surface area contributed by atoms with Crippen LogP contribution in [0.4, 0.5) is 0 Å². The zero-order valence-electron chi connectivity index (χ0n) is 19.4. The average molecular weight is 417 g/mol. The lowest BCUT2D eigenvalue weighted by atomic mass is 9.55. The largest absolute Gasteiger partial charge is 0.497 e. The van der Waals surface area contributed by atoms with Crippen molar-refractivity contribution in [2.45, 2.75) is 96.1 Å². The number of aliphatic hydroxyl groups is 1. The number of fused-ring (bicyclic) bond motifs is 5. The van der Waals surface area contributed by atoms with Crippen LogP contribution in [0.3, 0.4) is 0 Å². The molecule has 0 saturated heterocycles. The number of hydrogen-bond donors (Lipinski definition) is 1. The Labute approximate surface area is 178 Å². The van der Waals surface area contributed by atoms with Crippen LogP contribution in [0.1, 0.15) is 70.4 Å². The monoisotopic (exact) mass is 416 g/mol. The summed E-state index contributed by atoms with van der Waals surface area (Å²) in [6, 6.07) is 6.68. The van der Waals surface area contributed by atoms with Gasteiger partial charge in [-0.05, 0) is 96.7 Å². The second-order valence-electron chi connectivity index (χ2n) is 11.6. The highest BCUT2D eigenvalue weighted by Crippen LogP contribution is 2.62. The predicted molar refractivity (Wildman–Crippen MR) is 121 cm³/mol. The summed E-state index contributed by atoms with van der Waals surface area (Å²) in [5, 5.41) is 11.6. The molecule has 2 saturated carbocycles. The van der Waals surface area contributed by atoms with Gasteiger partial charge < -0.3 is 14.3 Å². The van der Waals surface area contributed by atoms with Gasteiger partial charge in [0.2, 0.25) is 0 Å². The molecule has 4 rings (SSSR count). The van der Waals surface area contributed by atoms with E-state index in [1.54, 1.807) is 7.11 Å². The lowest BCUT2D eigenvalue weighted by Crippen LogP contribution is -2.48. The molecule has 29 heavy (non-hydrogen) atoms. The first-order valence-corrected chi connectivity index (χ1v) is 14.4. The van der Waals surface area contributed by atoms with Gasteiger partial charge in [-0.2, -0.15) is 0 Å². The van der Waals surface area contributed by atoms with Crippen LogP contribution in [0.15, 0.2) is 18.2 Å². The quantitative estimate of drug-likeness (QED) is 0.622. The van der Waals surface area contributed by atoms with Crippen LogP contribution in [-0.4, -0.2) is 32.7 Å². The van der Waals surface area contributed by atoms with Crippen LogP contribution in [0, 0.1) is 17.3 Å². The number of aryl methyl sites for hydroxylation is 1. The van der Waals surface area contributed by atoms with Gasteiger partial charge in [0.05, 0.1) is 19.3 Å². The van der Waals surface area contributed by atoms with Crippen LogP contribution in [0.5, 0.6) is 5.75 Å². The van der Waals surface area contributed by atoms with E-state index in [-0.39, 0.29) is 22.7 Å². The van der Waals surface area contributed by atoms with Gasteiger partial charge in [0.15, 0.2) is 8.32 Å². The summed E-state index contributed by atoms with van der Waals surface area (Å²) in [7, 11) is -0.143. The summed E-state index contributed by atoms with van der Waals surface area (Å²) < 4.78 is 12.2. The molecule has 162 valence electrons. The molecule has 0 aliphatic heterocycles. The molecule has 0 heterocycles. The Morgan fingerprint density at radius 2 is 1.90 bits per heavy atom. The molecule has 6 unspecified atom stereocenters. The Morgan fingerprint density at radius 3 is 2.55 bits per heavy atom. The number of hydrogen-bond acceptors (Lipinski definition) is 3. The van der Waals surface area contributed by atoms with Gasteiger partial charge in [-0.1, -0.05) is 33.8 Å². The number of rotatable bonds is 3. The smallest absolute Gasteiger partial charge is 0.192 e. The molecular formula is C25H40O3Si. The highest BCUT2D eigenvalue weighted by Gasteiger charge is 2.59. The lowest BCUT2D eigenvalue weighted by Gasteiger charge is -2.50. The second-order valence-corrected chi connectivity index (χ2v) is 16.4. The first-order chi connectivity index (χ1) is 13.5. The van der Waals surface area contributed by atoms with E-state index in [1.807, 2.05) is 0 Å². The van der Waals surface area contributed by atoms with Gasteiger partial charge in [0.1, 0.15) is 5.75 Å². The Hall–Kier alpha value is -0.843. The predicted octanol–water partition coefficient (Wildman–Crippen LogP) is 5.91. The Morgan fingerprint density at radius 1 is 1.17 bits per heavy atom. The summed E-state index contributed by atoms with van der Waals surface area (Å²) in [6.45, 7) is 13.8. The molecule has 0 amide bonds. The molecule has 0 spiro atoms. The maximum atomic E-state index is 11.4. The van der Waals surface area contributed by atoms with Crippen LogP contribution in [0.25, 0.3) is 0 Å². The molecule has 2 fully saturated rings. The van der Waals surface area contributed by atoms with Crippen molar-refractivity contribution < 1.29 is 14.3 Å². The van der Waals surface area contributed by atoms with E-state index >= 15 is 0 Å². The number of benzene rings is 1. The van der Waals surface area contributed by atoms with Crippen molar-refractivity contribution in [3.63, 3.8) is 0 Å². The molecule has 0 aromatic heterocycles. The van der Waals surface area contributed by atoms with E-state index < -0.39 is 8.32 Å². The van der Waals surface area contributed by atoms with Crippen LogP contribution < -0.4 is 4.74 Å². The summed E-state index contributed by atoms with van der Waals surface area (Å²) in [4.78, 5) is 0. The highest BCUT2D eigenvalue weighted by atomic mass is 28.4. The van der Waals surface area contributed by atoms with Crippen molar-refractivity contribution in [3.8, 4) is 5.75 Å². The zero-order chi connectivity index (χ0) is 21.2. The number of aliphatic hydroxyl groups excluding tert-OH is 1. The fourth-order valence-corrected chi connectivity index (χ4v) is 7.65. The molecule has 6 atom stereocenters. The first-order valence-electron chi connectivity index (χ1n) is 11.5. The van der Waals surface area contributed by atoms with E-state index in [0.29, 0.717) is 17.8 Å². The molecule has 1 N–H and O–H groups in total. The third kappa shape index (κ3) is 3.39. The lowest BCUT2D eigenvalue weighted by molar-refractivity contribution is -0.0477. The maximum absolute atomic E-state index is 11.4. The zero-order valence-corrected chi connectivity index (χ0v) is 20.4. The van der Waals surface area contributed by atoms with Gasteiger partial charge in [0, 0.05) is 0 Å². The highest BCUT2D eigenvalue weighted by molar-refractivity contribution is 6.74. The van der Waals surface area contributed by atoms with Crippen molar-refractivity contribution >= 4 is 8.32 Å². The molecule has 4 heteroatoms. The minimum Gasteiger partial charge on any atom is -0.497 e. The van der Waals surface area contributed by atoms with E-state index in [9.17, 15) is 5.11 Å². The van der Waals surface area contributed by atoms with E-state index in [2.05, 4.69) is 59.0 Å². The minimum atomic E-state index is -1.89. The Balaban J connectivity index is 1.59. The summed E-state index contributed by atoms with van der Waals surface area (Å²) in [5.41, 5.74) is 3.01. The third-order valence-electron chi connectivity index (χ3n) is 9.14. The molecule has 0 radical (unpaired) electrons. The second kappa shape index (κ2) is 7.10. The molecule has 1 aromatic carbocycles. The van der Waals surface area contributed by atoms with Gasteiger partial charge in [-0.25, -0.2) is 0 Å². The van der Waals surface area contributed by atoms with Gasteiger partial charge in [0.25, 0.3) is 0 Å². The summed E-state index contributed by atoms with van der Waals surface area (Å²) in [5.74, 6) is 2.82. The SMILES string of the molecule is COc1ccc2c(c1)CCC1C2CCC2(C)C(O)C(O[Si](C)(C)C(C)(C)C)CC12. The van der Waals surface area contributed by atoms with Crippen molar-refractivity contribution in [1.29, 1.82) is 0 Å². The third-order valence-corrected chi connectivity index (χ3v) is 13.6. The molecule has 3 nitrogen and oxygen atoms in total. The van der Waals surface area contributed by atoms with Gasteiger partial charge >= 0.3 is 0 Å². The van der Waals surface area contributed by atoms with E-state index in [4.69, 9.17) is 9.16 Å². The normalized spacial score (nSPS) is 36.9. The first kappa shape index (κ1) is 21.4. The van der Waals surface area contributed by atoms with Crippen LogP contribution in [-0.2, 0) is 10.8 Å². The van der Waals surface area contributed by atoms with Gasteiger partial charge in [-0.3, -0.25) is 0 Å². The average Bonchev–Trinajstić information content (AvgIpc) is 2.90. The Kier molecular flexibility index (Phi) is 5.24. The van der Waals surface area contributed by atoms with Crippen LogP contribution in [0.2, 0.25) is 18.1 Å². The van der Waals surface area contributed by atoms with Crippen molar-refractivity contribution in [2.24, 2.45) is 17.3 Å². The molecule has 0 bridgehead atoms. The fraction of sp³-hybridized carbons (Fsp3) is 0.760. The van der Waals surface area contributed by atoms with Gasteiger partial charge in [-0.15, -0.1) is 0 Å². The van der Waals surface area contributed by atoms with Crippen molar-refractivity contribution in [3.05, 3.63) is 29.3 Å². The van der Waals surface area contributed by atoms with Crippen molar-refractivity contribution in [2.75, 3.05) is 7.11 Å². The maximum Gasteiger partial charge on any atom is 0.192 e. The summed E-state index contributed by atoms with van der Waals surface area (Å²) >= 11 is 0. The number of methoxy groups -OCH3 is 1. The van der Waals surface area contributed by atoms with E-state index in [0.717, 1.165) is 25.0 Å². The molecule has 3 aliphatic rings. The standard InChI is InChI=1S/C25H40O3Si/c1-24(2,3)29(6,7)28-22-15-21-20-10-8-16-14-17(27-5)9-11-18(16)19(20)12-13-25(21,4)23(22)26/h9,11,14,19-23,26H,8,10,12-13,15H2,1-7H3. The summed E-state index contributed by atoms with van der Waals surface area (Å²) in [6.07, 6.45) is 5.33. The van der Waals surface area contributed by atoms with Crippen LogP contribution >= 0.6 is 0 Å². The van der Waals surface area contributed by atoms with E-state index in [1.165, 1.54) is 24.0 Å². The molecule has 3 aliphatic carbocycles. The fourth-order valence-electron chi connectivity index (χ4n) is 6.32.